The number of hydrogen-bond donors (Lipinski definition) is 4. The zero-order valence-electron chi connectivity index (χ0n) is 24.5. The largest absolute Gasteiger partial charge is 0.351 e. The molecule has 2 aliphatic carbocycles. The predicted octanol–water partition coefficient (Wildman–Crippen LogP) is 2.59. The van der Waals surface area contributed by atoms with Crippen molar-refractivity contribution < 1.29 is 19.2 Å². The number of benzene rings is 1. The van der Waals surface area contributed by atoms with E-state index in [2.05, 4.69) is 33.4 Å². The first kappa shape index (κ1) is 30.0. The lowest BCUT2D eigenvalue weighted by molar-refractivity contribution is -0.143. The van der Waals surface area contributed by atoms with Crippen LogP contribution < -0.4 is 21.3 Å². The van der Waals surface area contributed by atoms with Crippen molar-refractivity contribution in [1.29, 1.82) is 0 Å². The van der Waals surface area contributed by atoms with E-state index in [4.69, 9.17) is 0 Å². The second-order valence-electron chi connectivity index (χ2n) is 12.1. The Morgan fingerprint density at radius 2 is 1.62 bits per heavy atom. The van der Waals surface area contributed by atoms with E-state index in [0.29, 0.717) is 6.42 Å². The molecule has 1 aliphatic heterocycles. The van der Waals surface area contributed by atoms with Crippen LogP contribution in [0.1, 0.15) is 89.3 Å². The topological polar surface area (TPSA) is 120 Å². The number of rotatable bonds is 9. The first-order chi connectivity index (χ1) is 19.2. The highest BCUT2D eigenvalue weighted by molar-refractivity contribution is 5.94. The number of likely N-dealkylation sites (N-methyl/N-ethyl adjacent to an activating group) is 1. The van der Waals surface area contributed by atoms with Crippen LogP contribution >= 0.6 is 0 Å². The zero-order chi connectivity index (χ0) is 28.8. The molecule has 2 fully saturated rings. The molecule has 4 amide bonds. The van der Waals surface area contributed by atoms with Gasteiger partial charge in [-0.25, -0.2) is 0 Å². The number of carbonyl (C=O) groups is 4. The normalized spacial score (nSPS) is 24.6. The molecule has 0 radical (unpaired) electrons. The Labute approximate surface area is 238 Å². The number of fused-ring (bicyclic) bond motifs is 1. The molecule has 5 atom stereocenters. The van der Waals surface area contributed by atoms with Gasteiger partial charge >= 0.3 is 0 Å². The maximum Gasteiger partial charge on any atom is 0.246 e. The van der Waals surface area contributed by atoms with Crippen molar-refractivity contribution in [2.45, 2.75) is 109 Å². The lowest BCUT2D eigenvalue weighted by Crippen LogP contribution is -2.58. The smallest absolute Gasteiger partial charge is 0.246 e. The van der Waals surface area contributed by atoms with Crippen LogP contribution in [0.15, 0.2) is 24.3 Å². The van der Waals surface area contributed by atoms with Crippen molar-refractivity contribution >= 4 is 23.6 Å². The summed E-state index contributed by atoms with van der Waals surface area (Å²) in [4.78, 5) is 55.3. The molecule has 1 unspecified atom stereocenters. The highest BCUT2D eigenvalue weighted by Crippen LogP contribution is 2.32. The minimum atomic E-state index is -0.719. The Morgan fingerprint density at radius 3 is 2.33 bits per heavy atom. The maximum absolute atomic E-state index is 14.3. The second-order valence-corrected chi connectivity index (χ2v) is 12.1. The molecule has 0 bridgehead atoms. The van der Waals surface area contributed by atoms with Gasteiger partial charge in [-0.1, -0.05) is 57.4 Å². The summed E-state index contributed by atoms with van der Waals surface area (Å²) in [6.07, 6.45) is 8.06. The van der Waals surface area contributed by atoms with Crippen molar-refractivity contribution in [3.8, 4) is 0 Å². The van der Waals surface area contributed by atoms with E-state index >= 15 is 0 Å². The summed E-state index contributed by atoms with van der Waals surface area (Å²) < 4.78 is 0. The fraction of sp³-hybridized carbons (Fsp3) is 0.677. The molecule has 1 saturated heterocycles. The minimum Gasteiger partial charge on any atom is -0.351 e. The van der Waals surface area contributed by atoms with Crippen LogP contribution in [0.5, 0.6) is 0 Å². The van der Waals surface area contributed by atoms with E-state index in [9.17, 15) is 19.2 Å². The number of nitrogens with one attached hydrogen (secondary N) is 4. The van der Waals surface area contributed by atoms with Crippen molar-refractivity contribution in [2.24, 2.45) is 11.8 Å². The van der Waals surface area contributed by atoms with E-state index in [0.717, 1.165) is 56.9 Å². The van der Waals surface area contributed by atoms with Crippen LogP contribution in [-0.2, 0) is 25.6 Å². The van der Waals surface area contributed by atoms with E-state index in [1.807, 2.05) is 26.0 Å². The third-order valence-electron chi connectivity index (χ3n) is 8.95. The molecule has 1 saturated carbocycles. The van der Waals surface area contributed by atoms with Gasteiger partial charge in [0.1, 0.15) is 12.1 Å². The first-order valence-electron chi connectivity index (χ1n) is 15.2. The molecule has 1 aromatic carbocycles. The van der Waals surface area contributed by atoms with E-state index in [1.54, 1.807) is 18.9 Å². The van der Waals surface area contributed by atoms with Gasteiger partial charge in [-0.05, 0) is 69.5 Å². The highest BCUT2D eigenvalue weighted by atomic mass is 16.2. The van der Waals surface area contributed by atoms with Gasteiger partial charge in [0.25, 0.3) is 0 Å². The number of likely N-dealkylation sites (tertiary alicyclic amines) is 1. The summed E-state index contributed by atoms with van der Waals surface area (Å²) in [5.41, 5.74) is 2.38. The summed E-state index contributed by atoms with van der Waals surface area (Å²) in [6, 6.07) is 5.91. The molecule has 220 valence electrons. The molecular formula is C31H47N5O4. The van der Waals surface area contributed by atoms with Crippen molar-refractivity contribution in [3.05, 3.63) is 35.4 Å². The Morgan fingerprint density at radius 1 is 0.900 bits per heavy atom. The first-order valence-corrected chi connectivity index (χ1v) is 15.2. The van der Waals surface area contributed by atoms with Crippen LogP contribution in [0.25, 0.3) is 0 Å². The quantitative estimate of drug-likeness (QED) is 0.375. The fourth-order valence-corrected chi connectivity index (χ4v) is 6.41. The summed E-state index contributed by atoms with van der Waals surface area (Å²) in [6.45, 7) is 5.67. The maximum atomic E-state index is 14.3. The van der Waals surface area contributed by atoms with Gasteiger partial charge in [0.05, 0.1) is 12.1 Å². The average Bonchev–Trinajstić information content (AvgIpc) is 3.39. The van der Waals surface area contributed by atoms with Gasteiger partial charge in [-0.3, -0.25) is 19.2 Å². The van der Waals surface area contributed by atoms with Crippen LogP contribution in [0, 0.1) is 11.8 Å². The standard InChI is InChI=1S/C31H47N5O4/c1-19(2)28(37)33-23-17-26(30(39)34-25-16-10-14-21-11-8-9-15-24(21)25)36(18-23)31(40)27(22-12-6-5-7-13-22)35-29(38)20(3)32-4/h8-9,11,15,19-20,22-23,25-27,32H,5-7,10,12-14,16-18H2,1-4H3,(H,33,37)(H,34,39)(H,35,38)/t20-,23-,25?,26-,27-/m0/s1. The zero-order valence-corrected chi connectivity index (χ0v) is 24.5. The molecule has 40 heavy (non-hydrogen) atoms. The number of aryl methyl sites for hydroxylation is 1. The molecule has 0 spiro atoms. The van der Waals surface area contributed by atoms with E-state index in [1.165, 1.54) is 5.56 Å². The molecule has 4 rings (SSSR count). The lowest BCUT2D eigenvalue weighted by atomic mass is 9.83. The van der Waals surface area contributed by atoms with Gasteiger partial charge in [-0.2, -0.15) is 0 Å². The van der Waals surface area contributed by atoms with Gasteiger partial charge < -0.3 is 26.2 Å². The molecule has 9 heteroatoms. The molecule has 1 aromatic rings. The molecule has 3 aliphatic rings. The fourth-order valence-electron chi connectivity index (χ4n) is 6.41. The van der Waals surface area contributed by atoms with E-state index < -0.39 is 18.1 Å². The van der Waals surface area contributed by atoms with Crippen molar-refractivity contribution in [2.75, 3.05) is 13.6 Å². The Kier molecular flexibility index (Phi) is 10.2. The predicted molar refractivity (Wildman–Crippen MR) is 154 cm³/mol. The highest BCUT2D eigenvalue weighted by Gasteiger charge is 2.45. The summed E-state index contributed by atoms with van der Waals surface area (Å²) >= 11 is 0. The monoisotopic (exact) mass is 553 g/mol. The van der Waals surface area contributed by atoms with Gasteiger partial charge in [0, 0.05) is 18.5 Å². The van der Waals surface area contributed by atoms with E-state index in [-0.39, 0.29) is 54.1 Å². The molecule has 4 N–H and O–H groups in total. The summed E-state index contributed by atoms with van der Waals surface area (Å²) in [5.74, 6) is -0.932. The minimum absolute atomic E-state index is 0.0208. The average molecular weight is 554 g/mol. The number of hydrogen-bond acceptors (Lipinski definition) is 5. The third kappa shape index (κ3) is 7.03. The Balaban J connectivity index is 1.58. The van der Waals surface area contributed by atoms with Gasteiger partial charge in [0.15, 0.2) is 0 Å². The van der Waals surface area contributed by atoms with Crippen LogP contribution in [0.4, 0.5) is 0 Å². The lowest BCUT2D eigenvalue weighted by Gasteiger charge is -2.35. The molecule has 1 heterocycles. The SMILES string of the molecule is CN[C@@H](C)C(=O)N[C@H](C(=O)N1C[C@@H](NC(=O)C(C)C)C[C@H]1C(=O)NC1CCCc2ccccc21)C1CCCCC1. The molecule has 9 nitrogen and oxygen atoms in total. The summed E-state index contributed by atoms with van der Waals surface area (Å²) in [5, 5.41) is 12.3. The molecule has 0 aromatic heterocycles. The Bertz CT molecular complexity index is 1070. The van der Waals surface area contributed by atoms with Crippen LogP contribution in [0.3, 0.4) is 0 Å². The third-order valence-corrected chi connectivity index (χ3v) is 8.95. The van der Waals surface area contributed by atoms with Crippen molar-refractivity contribution in [3.63, 3.8) is 0 Å². The van der Waals surface area contributed by atoms with Crippen LogP contribution in [0.2, 0.25) is 0 Å². The number of nitrogens with zero attached hydrogens (tertiary/aromatic N) is 1. The van der Waals surface area contributed by atoms with Gasteiger partial charge in [-0.15, -0.1) is 0 Å². The number of amides is 4. The second kappa shape index (κ2) is 13.6. The summed E-state index contributed by atoms with van der Waals surface area (Å²) in [7, 11) is 1.72. The Hall–Kier alpha value is -2.94. The van der Waals surface area contributed by atoms with Crippen molar-refractivity contribution in [1.82, 2.24) is 26.2 Å². The molecular weight excluding hydrogens is 506 g/mol. The number of carbonyl (C=O) groups excluding carboxylic acids is 4. The van der Waals surface area contributed by atoms with Crippen LogP contribution in [-0.4, -0.2) is 66.3 Å². The van der Waals surface area contributed by atoms with Gasteiger partial charge in [0.2, 0.25) is 23.6 Å².